The number of fused-ring (bicyclic) bond motifs is 8. The summed E-state index contributed by atoms with van der Waals surface area (Å²) in [4.78, 5) is 8.33. The van der Waals surface area contributed by atoms with Crippen LogP contribution < -0.4 is 9.80 Å². The minimum atomic E-state index is -0.127. The Labute approximate surface area is 254 Å². The second kappa shape index (κ2) is 7.56. The van der Waals surface area contributed by atoms with Crippen molar-refractivity contribution in [3.63, 3.8) is 0 Å². The molecule has 4 saturated heterocycles. The van der Waals surface area contributed by atoms with E-state index in [2.05, 4.69) is 102 Å². The summed E-state index contributed by atoms with van der Waals surface area (Å²) in [5, 5.41) is 14.7. The topological polar surface area (TPSA) is 32.8 Å². The van der Waals surface area contributed by atoms with Gasteiger partial charge in [0.05, 0.1) is 24.0 Å². The Morgan fingerprint density at radius 2 is 1.42 bits per heavy atom. The molecule has 0 radical (unpaired) electrons. The zero-order chi connectivity index (χ0) is 28.5. The van der Waals surface area contributed by atoms with Gasteiger partial charge in [-0.25, -0.2) is 0 Å². The highest BCUT2D eigenvalue weighted by Gasteiger charge is 2.72. The van der Waals surface area contributed by atoms with Crippen molar-refractivity contribution < 1.29 is 4.65 Å². The third kappa shape index (κ3) is 2.45. The zero-order valence-corrected chi connectivity index (χ0v) is 25.2. The number of para-hydroxylation sites is 2. The van der Waals surface area contributed by atoms with Crippen LogP contribution >= 0.6 is 0 Å². The Hall–Kier alpha value is -3.12. The second-order valence-electron chi connectivity index (χ2n) is 15.1. The van der Waals surface area contributed by atoms with E-state index in [9.17, 15) is 5.21 Å². The molecule has 43 heavy (non-hydrogen) atoms. The molecule has 2 unspecified atom stereocenters. The van der Waals surface area contributed by atoms with Crippen LogP contribution in [0.2, 0.25) is 0 Å². The molecule has 0 amide bonds. The molecular formula is C38H40N4O. The van der Waals surface area contributed by atoms with Crippen LogP contribution in [0.15, 0.2) is 95.4 Å². The highest BCUT2D eigenvalue weighted by molar-refractivity contribution is 5.77. The van der Waals surface area contributed by atoms with Crippen molar-refractivity contribution in [2.45, 2.75) is 74.5 Å². The van der Waals surface area contributed by atoms with Gasteiger partial charge in [0.2, 0.25) is 0 Å². The van der Waals surface area contributed by atoms with E-state index in [1.807, 2.05) is 0 Å². The van der Waals surface area contributed by atoms with Crippen LogP contribution in [0.25, 0.3) is 0 Å². The minimum Gasteiger partial charge on any atom is -0.632 e. The van der Waals surface area contributed by atoms with Gasteiger partial charge < -0.3 is 19.7 Å². The maximum atomic E-state index is 14.7. The Bertz CT molecular complexity index is 1770. The molecule has 7 aliphatic heterocycles. The summed E-state index contributed by atoms with van der Waals surface area (Å²) in [6.45, 7) is 8.13. The molecule has 9 aliphatic rings. The fourth-order valence-electron chi connectivity index (χ4n) is 12.8. The quantitative estimate of drug-likeness (QED) is 0.217. The molecule has 2 aliphatic carbocycles. The maximum absolute atomic E-state index is 14.7. The van der Waals surface area contributed by atoms with Crippen molar-refractivity contribution in [1.29, 1.82) is 0 Å². The number of allylic oxidation sites excluding steroid dienone is 2. The predicted molar refractivity (Wildman–Crippen MR) is 170 cm³/mol. The Balaban J connectivity index is 1.25. The lowest BCUT2D eigenvalue weighted by atomic mass is 9.56. The fourth-order valence-corrected chi connectivity index (χ4v) is 12.8. The summed E-state index contributed by atoms with van der Waals surface area (Å²) in [5.74, 6) is 0.821. The Morgan fingerprint density at radius 1 is 0.791 bits per heavy atom. The standard InChI is InChI=1S/C38H40N4O/c1-3-23-19-39-15-13-37-29-9-5-7-11-31(29)40-21-28-26-18-34-38(14-16-42(34,43)22-24(26)4-2)30-10-6-8-12-32(30)41(36(28)38)20-27(35(37)40)25(23)17-33(37)39/h3-12,20-21,25-26,33-36H,13-19,22H2,1-2H3/b23-3-,24-4-,27-20-,28-21-/t25-,26-,33-,34?,35-,36-,37+,38+,42?/m0/s1. The van der Waals surface area contributed by atoms with Gasteiger partial charge in [0.25, 0.3) is 0 Å². The maximum Gasteiger partial charge on any atom is 0.102 e. The van der Waals surface area contributed by atoms with Crippen LogP contribution in [0.4, 0.5) is 11.4 Å². The highest BCUT2D eigenvalue weighted by atomic mass is 16.5. The lowest BCUT2D eigenvalue weighted by Gasteiger charge is -2.60. The van der Waals surface area contributed by atoms with E-state index in [4.69, 9.17) is 0 Å². The molecule has 218 valence electrons. The molecule has 2 saturated carbocycles. The van der Waals surface area contributed by atoms with Gasteiger partial charge in [0.1, 0.15) is 12.6 Å². The summed E-state index contributed by atoms with van der Waals surface area (Å²) in [6, 6.07) is 19.9. The third-order valence-corrected chi connectivity index (χ3v) is 14.2. The van der Waals surface area contributed by atoms with Crippen LogP contribution in [0, 0.1) is 17.0 Å². The smallest absolute Gasteiger partial charge is 0.102 e. The lowest BCUT2D eigenvalue weighted by molar-refractivity contribution is -0.896. The van der Waals surface area contributed by atoms with E-state index in [0.29, 0.717) is 30.5 Å². The molecule has 9 atom stereocenters. The van der Waals surface area contributed by atoms with E-state index in [0.717, 1.165) is 25.9 Å². The monoisotopic (exact) mass is 568 g/mol. The molecule has 2 aromatic rings. The van der Waals surface area contributed by atoms with E-state index >= 15 is 0 Å². The van der Waals surface area contributed by atoms with Crippen LogP contribution in [0.1, 0.15) is 50.7 Å². The summed E-state index contributed by atoms with van der Waals surface area (Å²) in [6.07, 6.45) is 14.5. The SMILES string of the molecule is C/C=C1/CN2CC[C@@]34c5ccccc5N5/C=C6/[C@H]7CC8[C@@]9(CC[N+]8([O-])C/C7=C/C)c7ccccc7N(/C=C(/[C@H]1C[C@H]23)[C@H]54)[C@@H]69. The Morgan fingerprint density at radius 3 is 2.12 bits per heavy atom. The van der Waals surface area contributed by atoms with Crippen LogP contribution in [0.5, 0.6) is 0 Å². The van der Waals surface area contributed by atoms with Gasteiger partial charge in [-0.2, -0.15) is 0 Å². The second-order valence-corrected chi connectivity index (χ2v) is 15.1. The third-order valence-electron chi connectivity index (χ3n) is 14.2. The van der Waals surface area contributed by atoms with E-state index in [1.165, 1.54) is 41.9 Å². The molecule has 5 nitrogen and oxygen atoms in total. The van der Waals surface area contributed by atoms with Crippen LogP contribution in [0.3, 0.4) is 0 Å². The number of anilines is 2. The zero-order valence-electron chi connectivity index (χ0n) is 25.2. The number of piperidine rings is 2. The van der Waals surface area contributed by atoms with Crippen LogP contribution in [-0.4, -0.2) is 59.9 Å². The molecule has 11 rings (SSSR count). The normalized spacial score (nSPS) is 48.2. The molecule has 7 heterocycles. The molecule has 5 heteroatoms. The average Bonchev–Trinajstić information content (AvgIpc) is 3.73. The minimum absolute atomic E-state index is 0.0279. The number of quaternary nitrogens is 1. The van der Waals surface area contributed by atoms with Gasteiger partial charge in [0.15, 0.2) is 0 Å². The van der Waals surface area contributed by atoms with Gasteiger partial charge in [0, 0.05) is 66.5 Å². The molecule has 4 bridgehead atoms. The van der Waals surface area contributed by atoms with Crippen molar-refractivity contribution in [3.05, 3.63) is 112 Å². The van der Waals surface area contributed by atoms with Gasteiger partial charge in [-0.1, -0.05) is 54.1 Å². The summed E-state index contributed by atoms with van der Waals surface area (Å²) >= 11 is 0. The molecule has 0 aromatic heterocycles. The molecule has 6 fully saturated rings. The first kappa shape index (κ1) is 24.2. The van der Waals surface area contributed by atoms with E-state index in [-0.39, 0.29) is 27.6 Å². The van der Waals surface area contributed by atoms with Gasteiger partial charge in [-0.15, -0.1) is 0 Å². The number of nitrogens with zero attached hydrogens (tertiary/aromatic N) is 4. The summed E-state index contributed by atoms with van der Waals surface area (Å²) in [7, 11) is 0. The largest absolute Gasteiger partial charge is 0.632 e. The molecule has 0 N–H and O–H groups in total. The number of benzene rings is 2. The number of hydroxylamine groups is 3. The fraction of sp³-hybridized carbons (Fsp3) is 0.474. The highest BCUT2D eigenvalue weighted by Crippen LogP contribution is 2.68. The van der Waals surface area contributed by atoms with Crippen molar-refractivity contribution in [2.24, 2.45) is 11.8 Å². The average molecular weight is 569 g/mol. The van der Waals surface area contributed by atoms with Crippen molar-refractivity contribution in [1.82, 2.24) is 4.90 Å². The molecular weight excluding hydrogens is 528 g/mol. The van der Waals surface area contributed by atoms with Crippen LogP contribution in [-0.2, 0) is 10.8 Å². The van der Waals surface area contributed by atoms with Gasteiger partial charge >= 0.3 is 0 Å². The first-order chi connectivity index (χ1) is 21.0. The Kier molecular flexibility index (Phi) is 4.26. The number of hydrogen-bond acceptors (Lipinski definition) is 4. The first-order valence-electron chi connectivity index (χ1n) is 16.8. The van der Waals surface area contributed by atoms with Crippen molar-refractivity contribution >= 4 is 11.4 Å². The summed E-state index contributed by atoms with van der Waals surface area (Å²) in [5.41, 5.74) is 12.0. The number of hydrogen-bond donors (Lipinski definition) is 0. The van der Waals surface area contributed by atoms with Gasteiger partial charge in [-0.05, 0) is 73.2 Å². The van der Waals surface area contributed by atoms with Crippen molar-refractivity contribution in [3.8, 4) is 0 Å². The molecule has 2 spiro atoms. The first-order valence-corrected chi connectivity index (χ1v) is 16.8. The van der Waals surface area contributed by atoms with Gasteiger partial charge in [-0.3, -0.25) is 4.90 Å². The van der Waals surface area contributed by atoms with E-state index in [1.54, 1.807) is 22.3 Å². The van der Waals surface area contributed by atoms with E-state index < -0.39 is 0 Å². The predicted octanol–water partition coefficient (Wildman–Crippen LogP) is 6.14. The van der Waals surface area contributed by atoms with Crippen molar-refractivity contribution in [2.75, 3.05) is 36.0 Å². The molecule has 2 aromatic carbocycles. The summed E-state index contributed by atoms with van der Waals surface area (Å²) < 4.78 is -0.0279. The number of rotatable bonds is 0. The lowest BCUT2D eigenvalue weighted by Crippen LogP contribution is -2.66.